The van der Waals surface area contributed by atoms with Gasteiger partial charge < -0.3 is 4.57 Å². The molecule has 0 aliphatic carbocycles. The van der Waals surface area contributed by atoms with Gasteiger partial charge in [-0.2, -0.15) is 0 Å². The van der Waals surface area contributed by atoms with E-state index in [1.54, 1.807) is 6.20 Å². The molecule has 0 bridgehead atoms. The van der Waals surface area contributed by atoms with Crippen molar-refractivity contribution in [2.45, 2.75) is 25.3 Å². The minimum Gasteiger partial charge on any atom is -0.329 e. The Bertz CT molecular complexity index is 898. The Kier molecular flexibility index (Phi) is 4.21. The van der Waals surface area contributed by atoms with E-state index in [4.69, 9.17) is 0 Å². The van der Waals surface area contributed by atoms with Gasteiger partial charge >= 0.3 is 0 Å². The quantitative estimate of drug-likeness (QED) is 0.729. The Labute approximate surface area is 145 Å². The first-order valence-electron chi connectivity index (χ1n) is 8.55. The van der Waals surface area contributed by atoms with E-state index in [-0.39, 0.29) is 17.6 Å². The zero-order valence-corrected chi connectivity index (χ0v) is 14.1. The maximum Gasteiger partial charge on any atom is 0.177 e. The molecular formula is C19H20F2N4. The first-order valence-corrected chi connectivity index (χ1v) is 8.55. The molecule has 1 saturated heterocycles. The van der Waals surface area contributed by atoms with Crippen molar-refractivity contribution in [2.75, 3.05) is 13.1 Å². The zero-order chi connectivity index (χ0) is 17.4. The molecule has 1 fully saturated rings. The van der Waals surface area contributed by atoms with Crippen molar-refractivity contribution in [2.24, 2.45) is 7.05 Å². The van der Waals surface area contributed by atoms with Gasteiger partial charge in [0.15, 0.2) is 5.65 Å². The van der Waals surface area contributed by atoms with Crippen LogP contribution in [-0.2, 0) is 13.6 Å². The fraction of sp³-hybridized carbons (Fsp3) is 0.368. The predicted molar refractivity (Wildman–Crippen MR) is 92.1 cm³/mol. The van der Waals surface area contributed by atoms with Gasteiger partial charge in [0.25, 0.3) is 0 Å². The Morgan fingerprint density at radius 2 is 1.96 bits per heavy atom. The summed E-state index contributed by atoms with van der Waals surface area (Å²) in [4.78, 5) is 11.2. The average Bonchev–Trinajstić information content (AvgIpc) is 2.94. The molecule has 25 heavy (non-hydrogen) atoms. The van der Waals surface area contributed by atoms with E-state index in [9.17, 15) is 8.78 Å². The van der Waals surface area contributed by atoms with Crippen molar-refractivity contribution in [3.05, 3.63) is 59.6 Å². The Balaban J connectivity index is 1.45. The van der Waals surface area contributed by atoms with Gasteiger partial charge in [-0.1, -0.05) is 0 Å². The highest BCUT2D eigenvalue weighted by molar-refractivity contribution is 5.71. The van der Waals surface area contributed by atoms with Crippen LogP contribution < -0.4 is 0 Å². The molecule has 0 saturated carbocycles. The number of nitrogens with zero attached hydrogens (tertiary/aromatic N) is 4. The van der Waals surface area contributed by atoms with Crippen molar-refractivity contribution in [3.8, 4) is 0 Å². The second kappa shape index (κ2) is 6.52. The lowest BCUT2D eigenvalue weighted by Gasteiger charge is -2.32. The van der Waals surface area contributed by atoms with Gasteiger partial charge in [0.05, 0.1) is 12.1 Å². The SMILES string of the molecule is Cn1c(CN2CCC(c3cc(F)ccc3F)CC2)nc2ncccc21. The summed E-state index contributed by atoms with van der Waals surface area (Å²) in [6.45, 7) is 2.43. The first-order chi connectivity index (χ1) is 12.1. The monoisotopic (exact) mass is 342 g/mol. The summed E-state index contributed by atoms with van der Waals surface area (Å²) in [5, 5.41) is 0. The fourth-order valence-corrected chi connectivity index (χ4v) is 3.64. The Morgan fingerprint density at radius 1 is 1.16 bits per heavy atom. The van der Waals surface area contributed by atoms with Gasteiger partial charge in [0.2, 0.25) is 0 Å². The minimum atomic E-state index is -0.369. The van der Waals surface area contributed by atoms with E-state index in [0.29, 0.717) is 5.56 Å². The van der Waals surface area contributed by atoms with E-state index in [1.807, 2.05) is 19.2 Å². The van der Waals surface area contributed by atoms with Crippen molar-refractivity contribution in [1.82, 2.24) is 19.4 Å². The molecule has 0 unspecified atom stereocenters. The first kappa shape index (κ1) is 16.1. The predicted octanol–water partition coefficient (Wildman–Crippen LogP) is 3.63. The molecular weight excluding hydrogens is 322 g/mol. The normalized spacial score (nSPS) is 16.6. The molecule has 1 aromatic carbocycles. The third-order valence-electron chi connectivity index (χ3n) is 5.10. The number of rotatable bonds is 3. The van der Waals surface area contributed by atoms with Gasteiger partial charge in [0.1, 0.15) is 17.5 Å². The number of halogens is 2. The number of aryl methyl sites for hydroxylation is 1. The van der Waals surface area contributed by atoms with E-state index in [1.165, 1.54) is 18.2 Å². The number of hydrogen-bond donors (Lipinski definition) is 0. The summed E-state index contributed by atoms with van der Waals surface area (Å²) >= 11 is 0. The highest BCUT2D eigenvalue weighted by Gasteiger charge is 2.24. The van der Waals surface area contributed by atoms with Crippen LogP contribution in [0.15, 0.2) is 36.5 Å². The second-order valence-electron chi connectivity index (χ2n) is 6.65. The van der Waals surface area contributed by atoms with Gasteiger partial charge in [-0.3, -0.25) is 4.90 Å². The van der Waals surface area contributed by atoms with Crippen LogP contribution in [0.3, 0.4) is 0 Å². The molecule has 0 spiro atoms. The van der Waals surface area contributed by atoms with Crippen LogP contribution in [0.4, 0.5) is 8.78 Å². The number of hydrogen-bond acceptors (Lipinski definition) is 3. The molecule has 3 aromatic rings. The topological polar surface area (TPSA) is 34.0 Å². The molecule has 1 aliphatic rings. The molecule has 0 amide bonds. The number of aromatic nitrogens is 3. The summed E-state index contributed by atoms with van der Waals surface area (Å²) in [5.41, 5.74) is 2.29. The van der Waals surface area contributed by atoms with E-state index in [2.05, 4.69) is 19.4 Å². The van der Waals surface area contributed by atoms with Crippen LogP contribution in [0.2, 0.25) is 0 Å². The second-order valence-corrected chi connectivity index (χ2v) is 6.65. The molecule has 1 aliphatic heterocycles. The van der Waals surface area contributed by atoms with Gasteiger partial charge in [-0.05, 0) is 67.7 Å². The van der Waals surface area contributed by atoms with Crippen LogP contribution in [-0.4, -0.2) is 32.5 Å². The summed E-state index contributed by atoms with van der Waals surface area (Å²) in [6.07, 6.45) is 3.39. The molecule has 0 radical (unpaired) electrons. The number of likely N-dealkylation sites (tertiary alicyclic amines) is 1. The molecule has 4 rings (SSSR count). The van der Waals surface area contributed by atoms with Gasteiger partial charge in [-0.25, -0.2) is 18.7 Å². The standard InChI is InChI=1S/C19H20F2N4/c1-24-17-3-2-8-22-19(17)23-18(24)12-25-9-6-13(7-10-25)15-11-14(20)4-5-16(15)21/h2-5,8,11,13H,6-7,9-10,12H2,1H3. The van der Waals surface area contributed by atoms with Gasteiger partial charge in [-0.15, -0.1) is 0 Å². The highest BCUT2D eigenvalue weighted by Crippen LogP contribution is 2.31. The number of imidazole rings is 1. The third-order valence-corrected chi connectivity index (χ3v) is 5.10. The Morgan fingerprint density at radius 3 is 2.72 bits per heavy atom. The molecule has 2 aromatic heterocycles. The maximum atomic E-state index is 14.0. The van der Waals surface area contributed by atoms with Crippen molar-refractivity contribution in [1.29, 1.82) is 0 Å². The van der Waals surface area contributed by atoms with E-state index in [0.717, 1.165) is 49.5 Å². The smallest absolute Gasteiger partial charge is 0.177 e. The van der Waals surface area contributed by atoms with Gasteiger partial charge in [0, 0.05) is 13.2 Å². The number of fused-ring (bicyclic) bond motifs is 1. The summed E-state index contributed by atoms with van der Waals surface area (Å²) in [5.74, 6) is 0.380. The lowest BCUT2D eigenvalue weighted by Crippen LogP contribution is -2.33. The summed E-state index contributed by atoms with van der Waals surface area (Å²) < 4.78 is 29.5. The fourth-order valence-electron chi connectivity index (χ4n) is 3.64. The molecule has 4 nitrogen and oxygen atoms in total. The highest BCUT2D eigenvalue weighted by atomic mass is 19.1. The lowest BCUT2D eigenvalue weighted by atomic mass is 9.89. The maximum absolute atomic E-state index is 14.0. The average molecular weight is 342 g/mol. The zero-order valence-electron chi connectivity index (χ0n) is 14.1. The van der Waals surface area contributed by atoms with E-state index >= 15 is 0 Å². The molecule has 0 atom stereocenters. The number of pyridine rings is 1. The molecule has 6 heteroatoms. The number of piperidine rings is 1. The lowest BCUT2D eigenvalue weighted by molar-refractivity contribution is 0.197. The van der Waals surface area contributed by atoms with Crippen LogP contribution in [0, 0.1) is 11.6 Å². The largest absolute Gasteiger partial charge is 0.329 e. The summed E-state index contributed by atoms with van der Waals surface area (Å²) in [6, 6.07) is 7.66. The minimum absolute atomic E-state index is 0.0778. The molecule has 130 valence electrons. The molecule has 3 heterocycles. The van der Waals surface area contributed by atoms with Crippen LogP contribution in [0.1, 0.15) is 30.1 Å². The van der Waals surface area contributed by atoms with Crippen LogP contribution in [0.25, 0.3) is 11.2 Å². The van der Waals surface area contributed by atoms with E-state index < -0.39 is 0 Å². The molecule has 0 N–H and O–H groups in total. The van der Waals surface area contributed by atoms with Crippen molar-refractivity contribution < 1.29 is 8.78 Å². The third kappa shape index (κ3) is 3.14. The Hall–Kier alpha value is -2.34. The number of benzene rings is 1. The summed E-state index contributed by atoms with van der Waals surface area (Å²) in [7, 11) is 2.00. The van der Waals surface area contributed by atoms with Crippen LogP contribution >= 0.6 is 0 Å². The van der Waals surface area contributed by atoms with Crippen LogP contribution in [0.5, 0.6) is 0 Å². The van der Waals surface area contributed by atoms with Crippen molar-refractivity contribution >= 4 is 11.2 Å². The van der Waals surface area contributed by atoms with Crippen molar-refractivity contribution in [3.63, 3.8) is 0 Å².